The second-order valence-corrected chi connectivity index (χ2v) is 16.3. The number of halogens is 3. The van der Waals surface area contributed by atoms with E-state index in [1.165, 1.54) is 22.6 Å². The van der Waals surface area contributed by atoms with Crippen molar-refractivity contribution in [3.8, 4) is 0 Å². The number of rotatable bonds is 11. The van der Waals surface area contributed by atoms with Gasteiger partial charge in [-0.25, -0.2) is 4.99 Å². The Bertz CT molecular complexity index is 1640. The molecule has 2 fully saturated rings. The zero-order valence-electron chi connectivity index (χ0n) is 31.1. The first-order valence-corrected chi connectivity index (χ1v) is 18.6. The number of likely N-dealkylation sites (tertiary alicyclic amines) is 2. The van der Waals surface area contributed by atoms with Crippen molar-refractivity contribution in [3.05, 3.63) is 58.4 Å². The van der Waals surface area contributed by atoms with Crippen LogP contribution in [0.25, 0.3) is 0 Å². The van der Waals surface area contributed by atoms with Gasteiger partial charge in [-0.15, -0.1) is 0 Å². The number of carbonyl (C=O) groups is 3. The molecule has 0 radical (unpaired) electrons. The van der Waals surface area contributed by atoms with Crippen LogP contribution in [0.4, 0.5) is 18.9 Å². The van der Waals surface area contributed by atoms with Crippen LogP contribution in [0.15, 0.2) is 35.3 Å². The Morgan fingerprint density at radius 2 is 1.73 bits per heavy atom. The van der Waals surface area contributed by atoms with Gasteiger partial charge in [-0.1, -0.05) is 39.0 Å². The molecule has 1 aliphatic carbocycles. The number of carboxylic acid groups (broad SMARTS) is 1. The van der Waals surface area contributed by atoms with Gasteiger partial charge in [0.1, 0.15) is 5.97 Å². The van der Waals surface area contributed by atoms with E-state index in [9.17, 15) is 22.8 Å². The first-order chi connectivity index (χ1) is 24.5. The summed E-state index contributed by atoms with van der Waals surface area (Å²) in [5.41, 5.74) is 7.14. The lowest BCUT2D eigenvalue weighted by molar-refractivity contribution is -0.931. The molecule has 52 heavy (non-hydrogen) atoms. The highest BCUT2D eigenvalue weighted by molar-refractivity contribution is 6.41. The van der Waals surface area contributed by atoms with E-state index in [-0.39, 0.29) is 22.9 Å². The van der Waals surface area contributed by atoms with E-state index < -0.39 is 12.1 Å². The largest absolute Gasteiger partial charge is 0.542 e. The predicted octanol–water partition coefficient (Wildman–Crippen LogP) is 4.12. The molecule has 3 aliphatic heterocycles. The maximum atomic E-state index is 13.9. The number of aliphatic carboxylic acids is 1. The number of nitrogens with one attached hydrogen (secondary N) is 1. The van der Waals surface area contributed by atoms with Crippen LogP contribution in [0, 0.1) is 17.3 Å². The second-order valence-electron chi connectivity index (χ2n) is 16.3. The van der Waals surface area contributed by atoms with Crippen LogP contribution in [-0.4, -0.2) is 92.3 Å². The number of carbonyl (C=O) groups excluding carboxylic acids is 3. The predicted molar refractivity (Wildman–Crippen MR) is 190 cm³/mol. The topological polar surface area (TPSA) is 116 Å². The molecule has 6 rings (SSSR count). The molecule has 2 aromatic rings. The average Bonchev–Trinajstić information content (AvgIpc) is 3.51. The Kier molecular flexibility index (Phi) is 12.7. The van der Waals surface area contributed by atoms with Crippen molar-refractivity contribution in [3.63, 3.8) is 0 Å². The Morgan fingerprint density at radius 1 is 1.04 bits per heavy atom. The second kappa shape index (κ2) is 16.7. The van der Waals surface area contributed by atoms with Crippen molar-refractivity contribution < 1.29 is 42.3 Å². The number of nitrogens with zero attached hydrogens (tertiary/aromatic N) is 3. The Labute approximate surface area is 305 Å². The van der Waals surface area contributed by atoms with Crippen molar-refractivity contribution in [2.24, 2.45) is 22.2 Å². The number of Topliss-reactive ketones (excluding diaryl/α,β-unsaturated/α-hetero) is 2. The zero-order valence-corrected chi connectivity index (χ0v) is 31.1. The van der Waals surface area contributed by atoms with Crippen LogP contribution >= 0.6 is 0 Å². The molecule has 0 unspecified atom stereocenters. The highest BCUT2D eigenvalue weighted by Crippen LogP contribution is 2.39. The van der Waals surface area contributed by atoms with Gasteiger partial charge in [0.05, 0.1) is 49.3 Å². The molecule has 12 heteroatoms. The molecule has 9 nitrogen and oxygen atoms in total. The number of hydrogen-bond acceptors (Lipinski definition) is 8. The Morgan fingerprint density at radius 3 is 2.35 bits per heavy atom. The molecule has 2 saturated heterocycles. The van der Waals surface area contributed by atoms with E-state index in [1.54, 1.807) is 7.11 Å². The van der Waals surface area contributed by atoms with Crippen LogP contribution < -0.4 is 10.0 Å². The number of methoxy groups -OCH3 is 1. The van der Waals surface area contributed by atoms with Gasteiger partial charge in [-0.2, -0.15) is 13.2 Å². The monoisotopic (exact) mass is 726 g/mol. The number of aliphatic imine (C=N–C) groups is 1. The molecule has 4 heterocycles. The lowest BCUT2D eigenvalue weighted by Gasteiger charge is -2.34. The molecule has 284 valence electrons. The van der Waals surface area contributed by atoms with Gasteiger partial charge in [0.2, 0.25) is 0 Å². The summed E-state index contributed by atoms with van der Waals surface area (Å²) in [6.07, 6.45) is 2.87. The van der Waals surface area contributed by atoms with E-state index in [0.29, 0.717) is 42.9 Å². The van der Waals surface area contributed by atoms with E-state index in [0.717, 1.165) is 87.3 Å². The van der Waals surface area contributed by atoms with Crippen LogP contribution in [0.3, 0.4) is 0 Å². The molecule has 1 aromatic carbocycles. The fourth-order valence-corrected chi connectivity index (χ4v) is 8.02. The summed E-state index contributed by atoms with van der Waals surface area (Å²) >= 11 is 0. The fraction of sp³-hybridized carbons (Fsp3) is 0.625. The summed E-state index contributed by atoms with van der Waals surface area (Å²) in [5.74, 6) is -1.53. The van der Waals surface area contributed by atoms with Crippen LogP contribution in [0.1, 0.15) is 98.1 Å². The lowest BCUT2D eigenvalue weighted by atomic mass is 9.71. The maximum absolute atomic E-state index is 13.9. The molecule has 4 aliphatic rings. The fourth-order valence-electron chi connectivity index (χ4n) is 8.02. The summed E-state index contributed by atoms with van der Waals surface area (Å²) in [7, 11) is 3.98. The molecule has 0 amide bonds. The minimum atomic E-state index is -5.19. The average molecular weight is 727 g/mol. The molecule has 0 spiro atoms. The Hall–Kier alpha value is -3.48. The normalized spacial score (nSPS) is 22.6. The van der Waals surface area contributed by atoms with Crippen molar-refractivity contribution in [2.75, 3.05) is 46.9 Å². The van der Waals surface area contributed by atoms with E-state index in [1.807, 2.05) is 12.1 Å². The quantitative estimate of drug-likeness (QED) is 0.347. The minimum absolute atomic E-state index is 0.0322. The van der Waals surface area contributed by atoms with Gasteiger partial charge in [-0.3, -0.25) is 14.6 Å². The molecule has 0 saturated carbocycles. The standard InChI is InChI=1S/C38H52N4O3.C2HF3O2/c1-38(2,3)30-9-10-32-29(19-30)20-33-34(39-32)22-35(40-33)37(44)21-27(11-14-42-15-12-31(45-5)13-16-42)26-7-6-8-28(18-26)36(43)17-25-23-41(4)24-25;3-2(4,5)1(6)7/h6-8,18,20,25,27,30-31H,9-17,19,21-24H2,1-5H3;(H,6,7)/t27-,30-;/m0./s1. The number of benzene rings is 1. The van der Waals surface area contributed by atoms with Gasteiger partial charge in [0.25, 0.3) is 0 Å². The summed E-state index contributed by atoms with van der Waals surface area (Å²) < 4.78 is 37.1. The number of quaternary nitrogens is 1. The third-order valence-electron chi connectivity index (χ3n) is 11.3. The molecule has 2 atom stereocenters. The summed E-state index contributed by atoms with van der Waals surface area (Å²) in [4.78, 5) is 49.8. The third kappa shape index (κ3) is 10.3. The van der Waals surface area contributed by atoms with Gasteiger partial charge >= 0.3 is 6.18 Å². The number of hydrogen-bond donors (Lipinski definition) is 1. The van der Waals surface area contributed by atoms with Crippen LogP contribution in [-0.2, 0) is 33.6 Å². The zero-order chi connectivity index (χ0) is 37.8. The maximum Gasteiger partial charge on any atom is 0.430 e. The number of alkyl halides is 3. The molecule has 0 bridgehead atoms. The number of carboxylic acids is 1. The van der Waals surface area contributed by atoms with E-state index in [2.05, 4.69) is 50.9 Å². The van der Waals surface area contributed by atoms with Gasteiger partial charge in [0.15, 0.2) is 11.6 Å². The summed E-state index contributed by atoms with van der Waals surface area (Å²) in [6, 6.07) is 10.3. The number of fused-ring (bicyclic) bond motifs is 2. The van der Waals surface area contributed by atoms with Gasteiger partial charge in [-0.05, 0) is 85.6 Å². The summed E-state index contributed by atoms with van der Waals surface area (Å²) in [6.45, 7) is 12.1. The number of piperidine rings is 1. The molecular weight excluding hydrogens is 673 g/mol. The van der Waals surface area contributed by atoms with Crippen molar-refractivity contribution >= 4 is 28.9 Å². The molecule has 1 N–H and O–H groups in total. The van der Waals surface area contributed by atoms with Crippen molar-refractivity contribution in [2.45, 2.75) is 96.8 Å². The first-order valence-electron chi connectivity index (χ1n) is 18.6. The van der Waals surface area contributed by atoms with Gasteiger partial charge < -0.3 is 24.4 Å². The number of pyridine rings is 1. The lowest BCUT2D eigenvalue weighted by Crippen LogP contribution is -3.17. The summed E-state index contributed by atoms with van der Waals surface area (Å²) in [5, 5.41) is 8.78. The van der Waals surface area contributed by atoms with E-state index >= 15 is 0 Å². The van der Waals surface area contributed by atoms with Crippen molar-refractivity contribution in [1.29, 1.82) is 0 Å². The smallest absolute Gasteiger partial charge is 0.430 e. The SMILES string of the molecule is COC1CCN(CC[C@@H](CC(=O)C2=Nc3cc4c(nc3C2)CC[C@H](C(C)(C)C)C4)c2cccc(C(=O)CC3C[NH+](C)C3)c2)CC1.O=C([O-])C(F)(F)F. The third-order valence-corrected chi connectivity index (χ3v) is 11.3. The number of aryl methyl sites for hydroxylation is 1. The van der Waals surface area contributed by atoms with Gasteiger partial charge in [0, 0.05) is 50.7 Å². The van der Waals surface area contributed by atoms with Crippen LogP contribution in [0.2, 0.25) is 0 Å². The number of ether oxygens (including phenoxy) is 1. The number of aromatic nitrogens is 1. The van der Waals surface area contributed by atoms with Crippen molar-refractivity contribution in [1.82, 2.24) is 9.88 Å². The Balaban J connectivity index is 0.000000679. The molecule has 1 aromatic heterocycles. The highest BCUT2D eigenvalue weighted by Gasteiger charge is 2.33. The van der Waals surface area contributed by atoms with Crippen LogP contribution in [0.5, 0.6) is 0 Å². The highest BCUT2D eigenvalue weighted by atomic mass is 19.4. The number of ketones is 2. The molecular formula is C40H53F3N4O5. The first kappa shape index (κ1) is 39.7. The minimum Gasteiger partial charge on any atom is -0.542 e. The van der Waals surface area contributed by atoms with E-state index in [4.69, 9.17) is 24.6 Å².